The van der Waals surface area contributed by atoms with E-state index in [2.05, 4.69) is 9.71 Å². The number of hydrogen-bond donors (Lipinski definition) is 2. The van der Waals surface area contributed by atoms with Crippen LogP contribution in [0.25, 0.3) is 0 Å². The molecule has 0 bridgehead atoms. The number of hydrogen-bond acceptors (Lipinski definition) is 5. The number of para-hydroxylation sites is 1. The van der Waals surface area contributed by atoms with Crippen LogP contribution in [-0.4, -0.2) is 13.4 Å². The van der Waals surface area contributed by atoms with Gasteiger partial charge in [-0.3, -0.25) is 0 Å². The van der Waals surface area contributed by atoms with E-state index in [9.17, 15) is 8.42 Å². The molecule has 0 saturated heterocycles. The molecule has 3 N–H and O–H groups in total. The highest BCUT2D eigenvalue weighted by Gasteiger charge is 2.21. The first-order valence-electron chi connectivity index (χ1n) is 5.69. The highest BCUT2D eigenvalue weighted by Crippen LogP contribution is 2.22. The number of sulfonamides is 1. The summed E-state index contributed by atoms with van der Waals surface area (Å²) in [5, 5.41) is 2.62. The molecular formula is C12H15N3O2S2. The Labute approximate surface area is 116 Å². The molecule has 1 heterocycles. The van der Waals surface area contributed by atoms with Gasteiger partial charge in [-0.15, -0.1) is 11.3 Å². The van der Waals surface area contributed by atoms with E-state index in [0.717, 1.165) is 10.7 Å². The number of anilines is 1. The zero-order valence-corrected chi connectivity index (χ0v) is 12.3. The molecule has 102 valence electrons. The molecular weight excluding hydrogens is 282 g/mol. The molecule has 1 aromatic carbocycles. The molecule has 2 rings (SSSR count). The van der Waals surface area contributed by atoms with Crippen molar-refractivity contribution in [1.29, 1.82) is 0 Å². The Morgan fingerprint density at radius 2 is 2.05 bits per heavy atom. The van der Waals surface area contributed by atoms with Gasteiger partial charge in [-0.25, -0.2) is 18.1 Å². The third-order valence-electron chi connectivity index (χ3n) is 2.55. The predicted molar refractivity (Wildman–Crippen MR) is 76.4 cm³/mol. The van der Waals surface area contributed by atoms with E-state index in [1.165, 1.54) is 17.4 Å². The molecule has 1 unspecified atom stereocenters. The lowest BCUT2D eigenvalue weighted by atomic mass is 10.3. The molecule has 0 aliphatic rings. The second kappa shape index (κ2) is 5.28. The number of thiazole rings is 1. The Kier molecular flexibility index (Phi) is 3.88. The van der Waals surface area contributed by atoms with Crippen LogP contribution in [0, 0.1) is 6.92 Å². The average molecular weight is 297 g/mol. The molecule has 0 aliphatic heterocycles. The normalized spacial score (nSPS) is 13.4. The van der Waals surface area contributed by atoms with E-state index in [0.29, 0.717) is 0 Å². The number of benzene rings is 1. The maximum absolute atomic E-state index is 12.2. The minimum absolute atomic E-state index is 0.0927. The number of nitrogens with two attached hydrogens (primary N) is 1. The number of rotatable bonds is 4. The van der Waals surface area contributed by atoms with E-state index < -0.39 is 10.0 Å². The summed E-state index contributed by atoms with van der Waals surface area (Å²) in [5.74, 6) is 0. The molecule has 2 aromatic rings. The van der Waals surface area contributed by atoms with Crippen LogP contribution in [0.15, 0.2) is 34.5 Å². The largest absolute Gasteiger partial charge is 0.398 e. The topological polar surface area (TPSA) is 85.1 Å². The molecule has 1 atom stereocenters. The van der Waals surface area contributed by atoms with E-state index in [1.54, 1.807) is 25.1 Å². The monoisotopic (exact) mass is 297 g/mol. The lowest BCUT2D eigenvalue weighted by Crippen LogP contribution is -2.27. The summed E-state index contributed by atoms with van der Waals surface area (Å²) < 4.78 is 27.0. The lowest BCUT2D eigenvalue weighted by Gasteiger charge is -2.13. The Bertz CT molecular complexity index is 680. The van der Waals surface area contributed by atoms with Gasteiger partial charge in [0.25, 0.3) is 0 Å². The molecule has 0 radical (unpaired) electrons. The van der Waals surface area contributed by atoms with Crippen molar-refractivity contribution in [3.63, 3.8) is 0 Å². The van der Waals surface area contributed by atoms with Crippen LogP contribution in [0.4, 0.5) is 5.69 Å². The highest BCUT2D eigenvalue weighted by atomic mass is 32.2. The minimum Gasteiger partial charge on any atom is -0.398 e. The van der Waals surface area contributed by atoms with Gasteiger partial charge < -0.3 is 5.73 Å². The van der Waals surface area contributed by atoms with Crippen molar-refractivity contribution in [2.75, 3.05) is 5.73 Å². The number of aryl methyl sites for hydroxylation is 1. The van der Waals surface area contributed by atoms with Crippen LogP contribution >= 0.6 is 11.3 Å². The van der Waals surface area contributed by atoms with Crippen LogP contribution in [-0.2, 0) is 10.0 Å². The van der Waals surface area contributed by atoms with Crippen molar-refractivity contribution in [3.05, 3.63) is 40.3 Å². The predicted octanol–water partition coefficient (Wildman–Crippen LogP) is 2.07. The number of aromatic nitrogens is 1. The summed E-state index contributed by atoms with van der Waals surface area (Å²) in [6, 6.07) is 6.00. The van der Waals surface area contributed by atoms with Crippen molar-refractivity contribution in [2.24, 2.45) is 0 Å². The van der Waals surface area contributed by atoms with Gasteiger partial charge in [0, 0.05) is 11.1 Å². The van der Waals surface area contributed by atoms with Crippen molar-refractivity contribution in [3.8, 4) is 0 Å². The molecule has 0 saturated carbocycles. The van der Waals surface area contributed by atoms with Gasteiger partial charge in [0.2, 0.25) is 10.0 Å². The van der Waals surface area contributed by atoms with Gasteiger partial charge in [0.15, 0.2) is 0 Å². The van der Waals surface area contributed by atoms with Crippen LogP contribution in [0.1, 0.15) is 23.7 Å². The first-order chi connectivity index (χ1) is 8.90. The van der Waals surface area contributed by atoms with E-state index >= 15 is 0 Å². The van der Waals surface area contributed by atoms with Crippen LogP contribution in [0.5, 0.6) is 0 Å². The maximum atomic E-state index is 12.2. The second-order valence-electron chi connectivity index (χ2n) is 4.21. The van der Waals surface area contributed by atoms with E-state index in [4.69, 9.17) is 5.73 Å². The van der Waals surface area contributed by atoms with Crippen LogP contribution in [0.2, 0.25) is 0 Å². The second-order valence-corrected chi connectivity index (χ2v) is 6.78. The van der Waals surface area contributed by atoms with Gasteiger partial charge in [0.1, 0.15) is 9.90 Å². The third kappa shape index (κ3) is 3.12. The fourth-order valence-corrected chi connectivity index (χ4v) is 3.86. The molecule has 0 aliphatic carbocycles. The molecule has 7 heteroatoms. The summed E-state index contributed by atoms with van der Waals surface area (Å²) in [4.78, 5) is 4.36. The summed E-state index contributed by atoms with van der Waals surface area (Å²) in [6.45, 7) is 3.63. The quantitative estimate of drug-likeness (QED) is 0.846. The summed E-state index contributed by atoms with van der Waals surface area (Å²) in [5.41, 5.74) is 6.81. The van der Waals surface area contributed by atoms with Gasteiger partial charge >= 0.3 is 0 Å². The fourth-order valence-electron chi connectivity index (χ4n) is 1.64. The van der Waals surface area contributed by atoms with Crippen LogP contribution < -0.4 is 10.5 Å². The van der Waals surface area contributed by atoms with Crippen molar-refractivity contribution < 1.29 is 8.42 Å². The van der Waals surface area contributed by atoms with E-state index in [1.807, 2.05) is 12.3 Å². The summed E-state index contributed by atoms with van der Waals surface area (Å²) in [6.07, 6.45) is 0. The van der Waals surface area contributed by atoms with Gasteiger partial charge in [-0.2, -0.15) is 0 Å². The van der Waals surface area contributed by atoms with Crippen LogP contribution in [0.3, 0.4) is 0 Å². The SMILES string of the molecule is Cc1csc(C(C)NS(=O)(=O)c2ccccc2N)n1. The van der Waals surface area contributed by atoms with Crippen molar-refractivity contribution >= 4 is 27.0 Å². The van der Waals surface area contributed by atoms with Gasteiger partial charge in [-0.1, -0.05) is 12.1 Å². The Morgan fingerprint density at radius 3 is 2.63 bits per heavy atom. The van der Waals surface area contributed by atoms with Crippen molar-refractivity contribution in [2.45, 2.75) is 24.8 Å². The third-order valence-corrected chi connectivity index (χ3v) is 5.31. The van der Waals surface area contributed by atoms with Gasteiger partial charge in [0.05, 0.1) is 11.7 Å². The Hall–Kier alpha value is -1.44. The first-order valence-corrected chi connectivity index (χ1v) is 8.05. The maximum Gasteiger partial charge on any atom is 0.243 e. The fraction of sp³-hybridized carbons (Fsp3) is 0.250. The smallest absolute Gasteiger partial charge is 0.243 e. The highest BCUT2D eigenvalue weighted by molar-refractivity contribution is 7.89. The number of nitrogens with one attached hydrogen (secondary N) is 1. The minimum atomic E-state index is -3.64. The average Bonchev–Trinajstić information content (AvgIpc) is 2.76. The standard InChI is InChI=1S/C12H15N3O2S2/c1-8-7-18-12(14-8)9(2)15-19(16,17)11-6-4-3-5-10(11)13/h3-7,9,15H,13H2,1-2H3. The molecule has 5 nitrogen and oxygen atoms in total. The Morgan fingerprint density at radius 1 is 1.37 bits per heavy atom. The first kappa shape index (κ1) is 14.0. The molecule has 1 aromatic heterocycles. The van der Waals surface area contributed by atoms with Crippen molar-refractivity contribution in [1.82, 2.24) is 9.71 Å². The summed E-state index contributed by atoms with van der Waals surface area (Å²) in [7, 11) is -3.64. The summed E-state index contributed by atoms with van der Waals surface area (Å²) >= 11 is 1.43. The Balaban J connectivity index is 2.25. The molecule has 0 amide bonds. The molecule has 19 heavy (non-hydrogen) atoms. The lowest BCUT2D eigenvalue weighted by molar-refractivity contribution is 0.566. The molecule has 0 spiro atoms. The zero-order chi connectivity index (χ0) is 14.0. The van der Waals surface area contributed by atoms with Gasteiger partial charge in [-0.05, 0) is 26.0 Å². The zero-order valence-electron chi connectivity index (χ0n) is 10.6. The van der Waals surface area contributed by atoms with E-state index in [-0.39, 0.29) is 16.6 Å². The number of nitrogen functional groups attached to an aromatic ring is 1. The number of nitrogens with zero attached hydrogens (tertiary/aromatic N) is 1. The molecule has 0 fully saturated rings.